The Bertz CT molecular complexity index is 229. The molecule has 0 saturated heterocycles. The van der Waals surface area contributed by atoms with E-state index < -0.39 is 0 Å². The van der Waals surface area contributed by atoms with Crippen molar-refractivity contribution in [3.63, 3.8) is 0 Å². The maximum absolute atomic E-state index is 11.9. The van der Waals surface area contributed by atoms with Gasteiger partial charge in [0.1, 0.15) is 5.78 Å². The van der Waals surface area contributed by atoms with E-state index in [1.54, 1.807) is 0 Å². The van der Waals surface area contributed by atoms with E-state index in [0.717, 1.165) is 25.7 Å². The van der Waals surface area contributed by atoms with Crippen LogP contribution >= 0.6 is 0 Å². The van der Waals surface area contributed by atoms with Crippen LogP contribution in [0.4, 0.5) is 0 Å². The van der Waals surface area contributed by atoms with Crippen molar-refractivity contribution in [1.82, 2.24) is 0 Å². The van der Waals surface area contributed by atoms with Crippen molar-refractivity contribution in [3.8, 4) is 0 Å². The van der Waals surface area contributed by atoms with Crippen LogP contribution in [0.15, 0.2) is 12.2 Å². The number of hydrogen-bond acceptors (Lipinski definition) is 1. The van der Waals surface area contributed by atoms with Gasteiger partial charge in [-0.3, -0.25) is 4.79 Å². The minimum absolute atomic E-state index is 0.0191. The van der Waals surface area contributed by atoms with Gasteiger partial charge in [0.25, 0.3) is 0 Å². The number of hydrogen-bond donors (Lipinski definition) is 0. The lowest BCUT2D eigenvalue weighted by atomic mass is 9.72. The van der Waals surface area contributed by atoms with Crippen LogP contribution < -0.4 is 0 Å². The van der Waals surface area contributed by atoms with E-state index in [1.165, 1.54) is 25.7 Å². The molecular weight excluding hydrogens is 160 g/mol. The summed E-state index contributed by atoms with van der Waals surface area (Å²) in [6, 6.07) is 0. The van der Waals surface area contributed by atoms with Crippen molar-refractivity contribution in [3.05, 3.63) is 12.2 Å². The average molecular weight is 178 g/mol. The minimum atomic E-state index is -0.0191. The topological polar surface area (TPSA) is 17.1 Å². The van der Waals surface area contributed by atoms with Gasteiger partial charge in [-0.05, 0) is 32.1 Å². The molecule has 1 unspecified atom stereocenters. The van der Waals surface area contributed by atoms with Crippen molar-refractivity contribution in [2.75, 3.05) is 0 Å². The Kier molecular flexibility index (Phi) is 2.52. The summed E-state index contributed by atoms with van der Waals surface area (Å²) in [4.78, 5) is 11.9. The number of carbonyl (C=O) groups is 1. The zero-order valence-corrected chi connectivity index (χ0v) is 8.22. The highest BCUT2D eigenvalue weighted by atomic mass is 16.1. The van der Waals surface area contributed by atoms with E-state index >= 15 is 0 Å². The summed E-state index contributed by atoms with van der Waals surface area (Å²) in [7, 11) is 0. The molecule has 0 radical (unpaired) electrons. The zero-order valence-electron chi connectivity index (χ0n) is 8.22. The van der Waals surface area contributed by atoms with Gasteiger partial charge in [0.2, 0.25) is 0 Å². The van der Waals surface area contributed by atoms with Gasteiger partial charge in [-0.1, -0.05) is 25.0 Å². The SMILES string of the molecule is O=C1CCCCCC12C=CCCC2. The summed E-state index contributed by atoms with van der Waals surface area (Å²) < 4.78 is 0. The van der Waals surface area contributed by atoms with Crippen molar-refractivity contribution in [1.29, 1.82) is 0 Å². The van der Waals surface area contributed by atoms with E-state index in [1.807, 2.05) is 0 Å². The highest BCUT2D eigenvalue weighted by Crippen LogP contribution is 2.40. The van der Waals surface area contributed by atoms with E-state index in [-0.39, 0.29) is 5.41 Å². The lowest BCUT2D eigenvalue weighted by Crippen LogP contribution is -2.29. The molecule has 2 aliphatic rings. The van der Waals surface area contributed by atoms with E-state index in [9.17, 15) is 4.79 Å². The Morgan fingerprint density at radius 3 is 2.69 bits per heavy atom. The van der Waals surface area contributed by atoms with Crippen LogP contribution in [-0.2, 0) is 4.79 Å². The largest absolute Gasteiger partial charge is 0.299 e. The van der Waals surface area contributed by atoms with Crippen LogP contribution in [0.5, 0.6) is 0 Å². The molecule has 72 valence electrons. The van der Waals surface area contributed by atoms with Gasteiger partial charge in [-0.25, -0.2) is 0 Å². The van der Waals surface area contributed by atoms with Gasteiger partial charge in [-0.2, -0.15) is 0 Å². The fraction of sp³-hybridized carbons (Fsp3) is 0.750. The molecule has 0 N–H and O–H groups in total. The molecule has 0 amide bonds. The van der Waals surface area contributed by atoms with E-state index in [2.05, 4.69) is 12.2 Å². The standard InChI is InChI=1S/C12H18O/c13-11-7-3-1-4-8-12(11)9-5-2-6-10-12/h5,9H,1-4,6-8,10H2. The molecule has 13 heavy (non-hydrogen) atoms. The Morgan fingerprint density at radius 2 is 1.92 bits per heavy atom. The van der Waals surface area contributed by atoms with Crippen LogP contribution in [0.2, 0.25) is 0 Å². The Morgan fingerprint density at radius 1 is 1.08 bits per heavy atom. The Hall–Kier alpha value is -0.590. The molecule has 0 aromatic carbocycles. The second-order valence-electron chi connectivity index (χ2n) is 4.43. The smallest absolute Gasteiger partial charge is 0.142 e. The first-order valence-electron chi connectivity index (χ1n) is 5.55. The van der Waals surface area contributed by atoms with Gasteiger partial charge < -0.3 is 0 Å². The van der Waals surface area contributed by atoms with Crippen LogP contribution in [0.25, 0.3) is 0 Å². The maximum Gasteiger partial charge on any atom is 0.142 e. The molecule has 1 nitrogen and oxygen atoms in total. The minimum Gasteiger partial charge on any atom is -0.299 e. The molecule has 2 aliphatic carbocycles. The first kappa shape index (κ1) is 8.98. The Labute approximate surface area is 80.2 Å². The average Bonchev–Trinajstić information content (AvgIpc) is 2.33. The molecule has 2 rings (SSSR count). The van der Waals surface area contributed by atoms with Crippen LogP contribution in [0.1, 0.15) is 51.4 Å². The number of ketones is 1. The molecule has 1 atom stereocenters. The second-order valence-corrected chi connectivity index (χ2v) is 4.43. The summed E-state index contributed by atoms with van der Waals surface area (Å²) >= 11 is 0. The molecule has 1 heteroatoms. The molecule has 0 aromatic rings. The fourth-order valence-electron chi connectivity index (χ4n) is 2.66. The Balaban J connectivity index is 2.20. The lowest BCUT2D eigenvalue weighted by molar-refractivity contribution is -0.126. The van der Waals surface area contributed by atoms with Gasteiger partial charge in [-0.15, -0.1) is 0 Å². The number of allylic oxidation sites excluding steroid dienone is 2. The molecule has 0 bridgehead atoms. The van der Waals surface area contributed by atoms with Crippen LogP contribution in [0, 0.1) is 5.41 Å². The monoisotopic (exact) mass is 178 g/mol. The highest BCUT2D eigenvalue weighted by Gasteiger charge is 2.36. The zero-order chi connectivity index (χ0) is 9.15. The van der Waals surface area contributed by atoms with Gasteiger partial charge in [0, 0.05) is 11.8 Å². The second kappa shape index (κ2) is 3.65. The summed E-state index contributed by atoms with van der Waals surface area (Å²) in [5.74, 6) is 0.515. The third kappa shape index (κ3) is 1.70. The van der Waals surface area contributed by atoms with Gasteiger partial charge >= 0.3 is 0 Å². The molecule has 1 fully saturated rings. The van der Waals surface area contributed by atoms with Crippen molar-refractivity contribution in [2.24, 2.45) is 5.41 Å². The quantitative estimate of drug-likeness (QED) is 0.520. The van der Waals surface area contributed by atoms with E-state index in [4.69, 9.17) is 0 Å². The molecule has 0 aromatic heterocycles. The summed E-state index contributed by atoms with van der Waals surface area (Å²) in [6.07, 6.45) is 13.5. The fourth-order valence-corrected chi connectivity index (χ4v) is 2.66. The summed E-state index contributed by atoms with van der Waals surface area (Å²) in [6.45, 7) is 0. The summed E-state index contributed by atoms with van der Waals surface area (Å²) in [5.41, 5.74) is -0.0191. The number of Topliss-reactive ketones (excluding diaryl/α,β-unsaturated/α-hetero) is 1. The van der Waals surface area contributed by atoms with Crippen molar-refractivity contribution in [2.45, 2.75) is 51.4 Å². The summed E-state index contributed by atoms with van der Waals surface area (Å²) in [5, 5.41) is 0. The molecule has 1 spiro atoms. The van der Waals surface area contributed by atoms with Crippen LogP contribution in [0.3, 0.4) is 0 Å². The molecular formula is C12H18O. The number of rotatable bonds is 0. The molecule has 0 aliphatic heterocycles. The predicted octanol–water partition coefficient (Wildman–Crippen LogP) is 3.25. The third-order valence-corrected chi connectivity index (χ3v) is 3.51. The van der Waals surface area contributed by atoms with Gasteiger partial charge in [0.15, 0.2) is 0 Å². The first-order valence-corrected chi connectivity index (χ1v) is 5.55. The third-order valence-electron chi connectivity index (χ3n) is 3.51. The molecule has 0 heterocycles. The maximum atomic E-state index is 11.9. The van der Waals surface area contributed by atoms with Crippen molar-refractivity contribution < 1.29 is 4.79 Å². The first-order chi connectivity index (χ1) is 6.33. The van der Waals surface area contributed by atoms with E-state index in [0.29, 0.717) is 5.78 Å². The lowest BCUT2D eigenvalue weighted by Gasteiger charge is -2.30. The van der Waals surface area contributed by atoms with Gasteiger partial charge in [0.05, 0.1) is 0 Å². The van der Waals surface area contributed by atoms with Crippen LogP contribution in [-0.4, -0.2) is 5.78 Å². The molecule has 1 saturated carbocycles. The highest BCUT2D eigenvalue weighted by molar-refractivity contribution is 5.87. The normalized spacial score (nSPS) is 34.9. The number of carbonyl (C=O) groups excluding carboxylic acids is 1. The predicted molar refractivity (Wildman–Crippen MR) is 53.5 cm³/mol. The van der Waals surface area contributed by atoms with Crippen molar-refractivity contribution >= 4 is 5.78 Å².